The van der Waals surface area contributed by atoms with E-state index < -0.39 is 0 Å². The Hall–Kier alpha value is -2.21. The van der Waals surface area contributed by atoms with Crippen LogP contribution in [0.2, 0.25) is 0 Å². The van der Waals surface area contributed by atoms with E-state index in [0.717, 1.165) is 36.7 Å². The van der Waals surface area contributed by atoms with Crippen LogP contribution in [0.1, 0.15) is 18.3 Å². The summed E-state index contributed by atoms with van der Waals surface area (Å²) in [6.45, 7) is 6.48. The highest BCUT2D eigenvalue weighted by atomic mass is 16.2. The molecule has 1 N–H and O–H groups in total. The van der Waals surface area contributed by atoms with Crippen LogP contribution in [0, 0.1) is 6.92 Å². The van der Waals surface area contributed by atoms with Crippen LogP contribution < -0.4 is 5.32 Å². The van der Waals surface area contributed by atoms with Gasteiger partial charge < -0.3 is 10.2 Å². The van der Waals surface area contributed by atoms with Gasteiger partial charge in [-0.1, -0.05) is 23.4 Å². The Morgan fingerprint density at radius 1 is 1.36 bits per heavy atom. The highest BCUT2D eigenvalue weighted by molar-refractivity contribution is 5.79. The maximum atomic E-state index is 12.5. The lowest BCUT2D eigenvalue weighted by Gasteiger charge is -2.33. The average molecular weight is 299 g/mol. The third-order valence-electron chi connectivity index (χ3n) is 4.13. The quantitative estimate of drug-likeness (QED) is 0.916. The molecule has 1 unspecified atom stereocenters. The van der Waals surface area contributed by atoms with E-state index in [9.17, 15) is 4.79 Å². The molecule has 2 aromatic rings. The third kappa shape index (κ3) is 2.87. The van der Waals surface area contributed by atoms with E-state index in [1.165, 1.54) is 0 Å². The van der Waals surface area contributed by atoms with Gasteiger partial charge in [0.2, 0.25) is 5.91 Å². The molecule has 6 nitrogen and oxygen atoms in total. The number of nitrogens with one attached hydrogen (secondary N) is 1. The van der Waals surface area contributed by atoms with Gasteiger partial charge in [0.15, 0.2) is 0 Å². The number of hydrogen-bond acceptors (Lipinski definition) is 4. The van der Waals surface area contributed by atoms with Gasteiger partial charge in [0.1, 0.15) is 0 Å². The molecule has 0 bridgehead atoms. The molecule has 1 aliphatic heterocycles. The smallest absolute Gasteiger partial charge is 0.229 e. The summed E-state index contributed by atoms with van der Waals surface area (Å²) in [7, 11) is 0. The molecule has 1 atom stereocenters. The van der Waals surface area contributed by atoms with Crippen molar-refractivity contribution in [2.75, 3.05) is 19.6 Å². The van der Waals surface area contributed by atoms with Crippen LogP contribution in [0.3, 0.4) is 0 Å². The number of amides is 1. The number of nitrogens with zero attached hydrogens (tertiary/aromatic N) is 4. The predicted octanol–water partition coefficient (Wildman–Crippen LogP) is 0.939. The van der Waals surface area contributed by atoms with Crippen molar-refractivity contribution in [3.63, 3.8) is 0 Å². The number of hydrogen-bond donors (Lipinski definition) is 1. The van der Waals surface area contributed by atoms with Gasteiger partial charge in [0.25, 0.3) is 0 Å². The lowest BCUT2D eigenvalue weighted by molar-refractivity contribution is -0.133. The van der Waals surface area contributed by atoms with E-state index in [1.54, 1.807) is 4.68 Å². The fourth-order valence-corrected chi connectivity index (χ4v) is 2.79. The molecule has 1 aliphatic rings. The Morgan fingerprint density at radius 3 is 2.86 bits per heavy atom. The Morgan fingerprint density at radius 2 is 2.14 bits per heavy atom. The molecule has 1 amide bonds. The van der Waals surface area contributed by atoms with Crippen LogP contribution in [-0.2, 0) is 11.2 Å². The normalized spacial score (nSPS) is 18.5. The van der Waals surface area contributed by atoms with Crippen molar-refractivity contribution in [3.05, 3.63) is 41.7 Å². The Labute approximate surface area is 130 Å². The van der Waals surface area contributed by atoms with Crippen LogP contribution >= 0.6 is 0 Å². The Bertz CT molecular complexity index is 652. The molecule has 1 aromatic heterocycles. The fourth-order valence-electron chi connectivity index (χ4n) is 2.79. The average Bonchev–Trinajstić information content (AvgIpc) is 2.89. The molecule has 1 fully saturated rings. The first-order chi connectivity index (χ1) is 10.7. The van der Waals surface area contributed by atoms with Crippen LogP contribution in [0.15, 0.2) is 30.3 Å². The SMILES string of the molecule is Cc1c(CC(=O)N2CCNCC2C)nnn1-c1ccccc1. The first-order valence-corrected chi connectivity index (χ1v) is 7.63. The number of rotatable bonds is 3. The summed E-state index contributed by atoms with van der Waals surface area (Å²) in [5, 5.41) is 11.7. The number of piperazine rings is 1. The van der Waals surface area contributed by atoms with E-state index in [0.29, 0.717) is 6.42 Å². The van der Waals surface area contributed by atoms with E-state index >= 15 is 0 Å². The summed E-state index contributed by atoms with van der Waals surface area (Å²) in [4.78, 5) is 14.4. The first-order valence-electron chi connectivity index (χ1n) is 7.63. The summed E-state index contributed by atoms with van der Waals surface area (Å²) in [5.41, 5.74) is 2.63. The van der Waals surface area contributed by atoms with Gasteiger partial charge in [-0.05, 0) is 26.0 Å². The molecule has 3 rings (SSSR count). The molecular weight excluding hydrogens is 278 g/mol. The monoisotopic (exact) mass is 299 g/mol. The third-order valence-corrected chi connectivity index (χ3v) is 4.13. The van der Waals surface area contributed by atoms with Gasteiger partial charge in [-0.3, -0.25) is 4.79 Å². The molecule has 0 aliphatic carbocycles. The van der Waals surface area contributed by atoms with Crippen molar-refractivity contribution in [3.8, 4) is 5.69 Å². The number of para-hydroxylation sites is 1. The molecular formula is C16H21N5O. The highest BCUT2D eigenvalue weighted by Gasteiger charge is 2.24. The van der Waals surface area contributed by atoms with E-state index in [2.05, 4.69) is 22.6 Å². The van der Waals surface area contributed by atoms with Gasteiger partial charge >= 0.3 is 0 Å². The minimum atomic E-state index is 0.122. The number of carbonyl (C=O) groups excluding carboxylic acids is 1. The summed E-state index contributed by atoms with van der Waals surface area (Å²) in [6.07, 6.45) is 0.309. The second kappa shape index (κ2) is 6.27. The zero-order chi connectivity index (χ0) is 15.5. The van der Waals surface area contributed by atoms with Crippen molar-refractivity contribution >= 4 is 5.91 Å². The Kier molecular flexibility index (Phi) is 4.20. The van der Waals surface area contributed by atoms with Crippen LogP contribution in [0.25, 0.3) is 5.69 Å². The number of aromatic nitrogens is 3. The van der Waals surface area contributed by atoms with Crippen molar-refractivity contribution in [1.82, 2.24) is 25.2 Å². The summed E-state index contributed by atoms with van der Waals surface area (Å²) in [6, 6.07) is 10.1. The van der Waals surface area contributed by atoms with Crippen molar-refractivity contribution in [1.29, 1.82) is 0 Å². The maximum absolute atomic E-state index is 12.5. The topological polar surface area (TPSA) is 63.1 Å². The van der Waals surface area contributed by atoms with Crippen molar-refractivity contribution in [2.45, 2.75) is 26.3 Å². The maximum Gasteiger partial charge on any atom is 0.229 e. The minimum Gasteiger partial charge on any atom is -0.337 e. The largest absolute Gasteiger partial charge is 0.337 e. The van der Waals surface area contributed by atoms with E-state index in [1.807, 2.05) is 42.2 Å². The molecule has 0 radical (unpaired) electrons. The van der Waals surface area contributed by atoms with Gasteiger partial charge in [-0.25, -0.2) is 4.68 Å². The zero-order valence-corrected chi connectivity index (χ0v) is 13.0. The fraction of sp³-hybridized carbons (Fsp3) is 0.438. The molecule has 2 heterocycles. The molecule has 0 spiro atoms. The van der Waals surface area contributed by atoms with Gasteiger partial charge in [0.05, 0.1) is 23.5 Å². The number of carbonyl (C=O) groups is 1. The summed E-state index contributed by atoms with van der Waals surface area (Å²) in [5.74, 6) is 0.122. The molecule has 6 heteroatoms. The van der Waals surface area contributed by atoms with E-state index in [4.69, 9.17) is 0 Å². The van der Waals surface area contributed by atoms with Crippen molar-refractivity contribution in [2.24, 2.45) is 0 Å². The Balaban J connectivity index is 1.76. The standard InChI is InChI=1S/C16H21N5O/c1-12-11-17-8-9-20(12)16(22)10-15-13(2)21(19-18-15)14-6-4-3-5-7-14/h3-7,12,17H,8-11H2,1-2H3. The van der Waals surface area contributed by atoms with Gasteiger partial charge in [-0.15, -0.1) is 5.10 Å². The minimum absolute atomic E-state index is 0.122. The molecule has 1 aromatic carbocycles. The molecule has 22 heavy (non-hydrogen) atoms. The molecule has 116 valence electrons. The second-order valence-electron chi connectivity index (χ2n) is 5.69. The molecule has 0 saturated carbocycles. The second-order valence-corrected chi connectivity index (χ2v) is 5.69. The van der Waals surface area contributed by atoms with Gasteiger partial charge in [0, 0.05) is 25.7 Å². The van der Waals surface area contributed by atoms with E-state index in [-0.39, 0.29) is 11.9 Å². The predicted molar refractivity (Wildman–Crippen MR) is 83.8 cm³/mol. The highest BCUT2D eigenvalue weighted by Crippen LogP contribution is 2.14. The lowest BCUT2D eigenvalue weighted by atomic mass is 10.1. The lowest BCUT2D eigenvalue weighted by Crippen LogP contribution is -2.52. The summed E-state index contributed by atoms with van der Waals surface area (Å²) < 4.78 is 1.78. The van der Waals surface area contributed by atoms with Crippen LogP contribution in [0.4, 0.5) is 0 Å². The van der Waals surface area contributed by atoms with Crippen LogP contribution in [0.5, 0.6) is 0 Å². The number of benzene rings is 1. The van der Waals surface area contributed by atoms with Gasteiger partial charge in [-0.2, -0.15) is 0 Å². The van der Waals surface area contributed by atoms with Crippen LogP contribution in [-0.4, -0.2) is 51.5 Å². The molecule has 1 saturated heterocycles. The zero-order valence-electron chi connectivity index (χ0n) is 13.0. The van der Waals surface area contributed by atoms with Crippen molar-refractivity contribution < 1.29 is 4.79 Å². The first kappa shape index (κ1) is 14.7. The summed E-state index contributed by atoms with van der Waals surface area (Å²) >= 11 is 0.